The van der Waals surface area contributed by atoms with Crippen molar-refractivity contribution in [2.75, 3.05) is 12.8 Å². The molecule has 0 aliphatic heterocycles. The number of nitrogens with one attached hydrogen (secondary N) is 2. The van der Waals surface area contributed by atoms with Gasteiger partial charge >= 0.3 is 0 Å². The van der Waals surface area contributed by atoms with E-state index < -0.39 is 0 Å². The summed E-state index contributed by atoms with van der Waals surface area (Å²) in [7, 11) is 1.59. The van der Waals surface area contributed by atoms with E-state index in [1.165, 1.54) is 18.1 Å². The Morgan fingerprint density at radius 2 is 2.19 bits per heavy atom. The van der Waals surface area contributed by atoms with Gasteiger partial charge in [0.25, 0.3) is 5.91 Å². The Morgan fingerprint density at radius 1 is 1.33 bits per heavy atom. The van der Waals surface area contributed by atoms with Crippen molar-refractivity contribution in [1.82, 2.24) is 25.3 Å². The van der Waals surface area contributed by atoms with Crippen molar-refractivity contribution in [3.05, 3.63) is 36.4 Å². The number of rotatable bonds is 3. The van der Waals surface area contributed by atoms with Crippen molar-refractivity contribution in [2.45, 2.75) is 9.92 Å². The van der Waals surface area contributed by atoms with E-state index in [2.05, 4.69) is 25.3 Å². The van der Waals surface area contributed by atoms with Crippen molar-refractivity contribution >= 4 is 34.5 Å². The summed E-state index contributed by atoms with van der Waals surface area (Å²) in [6, 6.07) is 5.13. The summed E-state index contributed by atoms with van der Waals surface area (Å²) in [5.41, 5.74) is 8.44. The van der Waals surface area contributed by atoms with Gasteiger partial charge < -0.3 is 16.0 Å². The van der Waals surface area contributed by atoms with Crippen LogP contribution in [-0.4, -0.2) is 32.9 Å². The van der Waals surface area contributed by atoms with Crippen LogP contribution in [0.5, 0.6) is 0 Å². The first kappa shape index (κ1) is 13.4. The number of amides is 1. The molecule has 0 bridgehead atoms. The van der Waals surface area contributed by atoms with Crippen molar-refractivity contribution < 1.29 is 4.79 Å². The van der Waals surface area contributed by atoms with Gasteiger partial charge in [0, 0.05) is 23.2 Å². The van der Waals surface area contributed by atoms with E-state index in [0.29, 0.717) is 21.9 Å². The fourth-order valence-electron chi connectivity index (χ4n) is 1.83. The average Bonchev–Trinajstić information content (AvgIpc) is 2.98. The number of hydrogen-bond donors (Lipinski definition) is 3. The van der Waals surface area contributed by atoms with Gasteiger partial charge in [-0.2, -0.15) is 0 Å². The third-order valence-electron chi connectivity index (χ3n) is 2.90. The van der Waals surface area contributed by atoms with Gasteiger partial charge in [-0.1, -0.05) is 11.8 Å². The van der Waals surface area contributed by atoms with Crippen molar-refractivity contribution in [1.29, 1.82) is 0 Å². The molecule has 0 unspecified atom stereocenters. The molecule has 0 fully saturated rings. The molecule has 8 heteroatoms. The van der Waals surface area contributed by atoms with Crippen LogP contribution in [0, 0.1) is 0 Å². The summed E-state index contributed by atoms with van der Waals surface area (Å²) in [6.07, 6.45) is 3.01. The van der Waals surface area contributed by atoms with Crippen LogP contribution in [0.15, 0.2) is 40.8 Å². The standard InChI is InChI=1S/C13H12N6OS/c1-15-12(20)7-2-3-8(14)9(4-7)21-13-10-11(17-5-16-10)18-6-19-13/h2-6H,14H2,1H3,(H,15,20)(H,16,17,18,19). The molecule has 0 spiro atoms. The maximum atomic E-state index is 11.7. The molecule has 0 saturated heterocycles. The van der Waals surface area contributed by atoms with Gasteiger partial charge in [0.15, 0.2) is 5.65 Å². The Hall–Kier alpha value is -2.61. The van der Waals surface area contributed by atoms with E-state index in [1.807, 2.05) is 0 Å². The molecular weight excluding hydrogens is 288 g/mol. The second kappa shape index (κ2) is 5.41. The second-order valence-electron chi connectivity index (χ2n) is 4.21. The van der Waals surface area contributed by atoms with Crippen LogP contribution in [0.4, 0.5) is 5.69 Å². The first-order valence-electron chi connectivity index (χ1n) is 6.12. The lowest BCUT2D eigenvalue weighted by Gasteiger charge is -2.07. The molecule has 0 saturated carbocycles. The van der Waals surface area contributed by atoms with E-state index >= 15 is 0 Å². The lowest BCUT2D eigenvalue weighted by Crippen LogP contribution is -2.17. The molecule has 7 nitrogen and oxygen atoms in total. The molecule has 1 aromatic carbocycles. The third kappa shape index (κ3) is 2.52. The number of carbonyl (C=O) groups excluding carboxylic acids is 1. The van der Waals surface area contributed by atoms with Crippen LogP contribution in [-0.2, 0) is 0 Å². The summed E-state index contributed by atoms with van der Waals surface area (Å²) in [4.78, 5) is 27.8. The maximum absolute atomic E-state index is 11.7. The highest BCUT2D eigenvalue weighted by Gasteiger charge is 2.12. The molecule has 2 aromatic heterocycles. The van der Waals surface area contributed by atoms with Gasteiger partial charge in [-0.3, -0.25) is 4.79 Å². The van der Waals surface area contributed by atoms with Crippen LogP contribution in [0.3, 0.4) is 0 Å². The van der Waals surface area contributed by atoms with E-state index in [9.17, 15) is 4.79 Å². The van der Waals surface area contributed by atoms with Crippen LogP contribution < -0.4 is 11.1 Å². The van der Waals surface area contributed by atoms with Crippen LogP contribution in [0.2, 0.25) is 0 Å². The first-order valence-corrected chi connectivity index (χ1v) is 6.94. The third-order valence-corrected chi connectivity index (χ3v) is 3.97. The quantitative estimate of drug-likeness (QED) is 0.499. The summed E-state index contributed by atoms with van der Waals surface area (Å²) < 4.78 is 0. The van der Waals surface area contributed by atoms with Gasteiger partial charge in [-0.05, 0) is 18.2 Å². The van der Waals surface area contributed by atoms with E-state index in [-0.39, 0.29) is 5.91 Å². The highest BCUT2D eigenvalue weighted by molar-refractivity contribution is 7.99. The van der Waals surface area contributed by atoms with E-state index in [0.717, 1.165) is 10.4 Å². The van der Waals surface area contributed by atoms with Gasteiger partial charge in [-0.25, -0.2) is 15.0 Å². The van der Waals surface area contributed by atoms with Gasteiger partial charge in [0.1, 0.15) is 16.9 Å². The summed E-state index contributed by atoms with van der Waals surface area (Å²) in [5.74, 6) is -0.161. The fourth-order valence-corrected chi connectivity index (χ4v) is 2.76. The number of benzene rings is 1. The fraction of sp³-hybridized carbons (Fsp3) is 0.0769. The zero-order valence-electron chi connectivity index (χ0n) is 11.1. The molecule has 4 N–H and O–H groups in total. The molecule has 3 aromatic rings. The molecule has 2 heterocycles. The number of aromatic amines is 1. The predicted octanol–water partition coefficient (Wildman–Crippen LogP) is 1.45. The number of anilines is 1. The minimum atomic E-state index is -0.161. The first-order chi connectivity index (χ1) is 10.2. The van der Waals surface area contributed by atoms with Gasteiger partial charge in [0.2, 0.25) is 0 Å². The van der Waals surface area contributed by atoms with Crippen molar-refractivity contribution in [3.8, 4) is 0 Å². The van der Waals surface area contributed by atoms with Crippen LogP contribution in [0.25, 0.3) is 11.2 Å². The number of nitrogens with zero attached hydrogens (tertiary/aromatic N) is 3. The van der Waals surface area contributed by atoms with Crippen molar-refractivity contribution in [2.24, 2.45) is 0 Å². The number of carbonyl (C=O) groups is 1. The lowest BCUT2D eigenvalue weighted by atomic mass is 10.2. The zero-order chi connectivity index (χ0) is 14.8. The number of nitrogens with two attached hydrogens (primary N) is 1. The molecule has 21 heavy (non-hydrogen) atoms. The van der Waals surface area contributed by atoms with E-state index in [4.69, 9.17) is 5.73 Å². The summed E-state index contributed by atoms with van der Waals surface area (Å²) >= 11 is 1.36. The molecule has 3 rings (SSSR count). The molecule has 106 valence electrons. The molecule has 0 aliphatic rings. The Labute approximate surface area is 124 Å². The van der Waals surface area contributed by atoms with Crippen LogP contribution >= 0.6 is 11.8 Å². The maximum Gasteiger partial charge on any atom is 0.251 e. The number of hydrogen-bond acceptors (Lipinski definition) is 6. The average molecular weight is 300 g/mol. The largest absolute Gasteiger partial charge is 0.398 e. The highest BCUT2D eigenvalue weighted by Crippen LogP contribution is 2.34. The number of fused-ring (bicyclic) bond motifs is 1. The molecular formula is C13H12N6OS. The Kier molecular flexibility index (Phi) is 3.44. The Balaban J connectivity index is 2.01. The van der Waals surface area contributed by atoms with Crippen molar-refractivity contribution in [3.63, 3.8) is 0 Å². The van der Waals surface area contributed by atoms with Gasteiger partial charge in [-0.15, -0.1) is 0 Å². The Bertz CT molecular complexity index is 815. The van der Waals surface area contributed by atoms with Crippen LogP contribution in [0.1, 0.15) is 10.4 Å². The minimum absolute atomic E-state index is 0.161. The van der Waals surface area contributed by atoms with E-state index in [1.54, 1.807) is 31.6 Å². The lowest BCUT2D eigenvalue weighted by molar-refractivity contribution is 0.0963. The number of aromatic nitrogens is 4. The molecule has 0 radical (unpaired) electrons. The number of nitrogen functional groups attached to an aromatic ring is 1. The molecule has 0 aliphatic carbocycles. The predicted molar refractivity (Wildman–Crippen MR) is 80.1 cm³/mol. The SMILES string of the molecule is CNC(=O)c1ccc(N)c(Sc2ncnc3nc[nH]c23)c1. The zero-order valence-corrected chi connectivity index (χ0v) is 11.9. The molecule has 0 atom stereocenters. The summed E-state index contributed by atoms with van der Waals surface area (Å²) in [5, 5.41) is 3.29. The number of H-pyrrole nitrogens is 1. The Morgan fingerprint density at radius 3 is 3.00 bits per heavy atom. The highest BCUT2D eigenvalue weighted by atomic mass is 32.2. The minimum Gasteiger partial charge on any atom is -0.398 e. The normalized spacial score (nSPS) is 10.7. The second-order valence-corrected chi connectivity index (χ2v) is 5.24. The number of imidazole rings is 1. The summed E-state index contributed by atoms with van der Waals surface area (Å²) in [6.45, 7) is 0. The smallest absolute Gasteiger partial charge is 0.251 e. The van der Waals surface area contributed by atoms with Gasteiger partial charge in [0.05, 0.1) is 6.33 Å². The molecule has 1 amide bonds. The monoisotopic (exact) mass is 300 g/mol. The topological polar surface area (TPSA) is 110 Å².